The Morgan fingerprint density at radius 2 is 1.88 bits per heavy atom. The molecule has 0 radical (unpaired) electrons. The van der Waals surface area contributed by atoms with Crippen molar-refractivity contribution in [3.05, 3.63) is 48.3 Å². The lowest BCUT2D eigenvalue weighted by molar-refractivity contribution is 0.630. The van der Waals surface area contributed by atoms with Crippen LogP contribution < -0.4 is 5.73 Å². The normalized spacial score (nSPS) is 10.9. The van der Waals surface area contributed by atoms with Gasteiger partial charge in [-0.3, -0.25) is 0 Å². The summed E-state index contributed by atoms with van der Waals surface area (Å²) in [5.74, 6) is 0.195. The molecule has 0 amide bonds. The molecule has 0 fully saturated rings. The second kappa shape index (κ2) is 3.59. The number of rotatable bonds is 1. The molecule has 3 rings (SSSR count). The average molecular weight is 227 g/mol. The Hall–Kier alpha value is -2.36. The van der Waals surface area contributed by atoms with E-state index in [-0.39, 0.29) is 5.82 Å². The molecule has 17 heavy (non-hydrogen) atoms. The molecule has 1 aromatic heterocycles. The number of para-hydroxylation sites is 1. The zero-order chi connectivity index (χ0) is 11.8. The minimum Gasteiger partial charge on any atom is -0.397 e. The molecule has 1 heterocycles. The van der Waals surface area contributed by atoms with Gasteiger partial charge in [-0.1, -0.05) is 18.2 Å². The van der Waals surface area contributed by atoms with Crippen LogP contribution in [0, 0.1) is 5.82 Å². The minimum absolute atomic E-state index is 0.301. The molecule has 0 aliphatic heterocycles. The van der Waals surface area contributed by atoms with Gasteiger partial charge in [0.1, 0.15) is 17.2 Å². The maximum atomic E-state index is 13.6. The van der Waals surface area contributed by atoms with E-state index in [2.05, 4.69) is 9.97 Å². The maximum Gasteiger partial charge on any atom is 0.141 e. The van der Waals surface area contributed by atoms with Crippen LogP contribution in [0.5, 0.6) is 0 Å². The van der Waals surface area contributed by atoms with Gasteiger partial charge in [0, 0.05) is 0 Å². The molecule has 0 atom stereocenters. The summed E-state index contributed by atoms with van der Waals surface area (Å²) in [4.78, 5) is 7.39. The fourth-order valence-electron chi connectivity index (χ4n) is 1.84. The number of anilines is 1. The van der Waals surface area contributed by atoms with Crippen LogP contribution in [0.15, 0.2) is 42.5 Å². The van der Waals surface area contributed by atoms with Crippen molar-refractivity contribution < 1.29 is 4.39 Å². The summed E-state index contributed by atoms with van der Waals surface area (Å²) >= 11 is 0. The molecule has 0 saturated carbocycles. The Kier molecular flexibility index (Phi) is 2.08. The molecule has 0 saturated heterocycles. The third-order valence-corrected chi connectivity index (χ3v) is 2.67. The molecule has 0 spiro atoms. The number of imidazole rings is 1. The van der Waals surface area contributed by atoms with Crippen molar-refractivity contribution in [1.29, 1.82) is 0 Å². The molecule has 2 aromatic carbocycles. The summed E-state index contributed by atoms with van der Waals surface area (Å²) in [7, 11) is 0. The van der Waals surface area contributed by atoms with Crippen LogP contribution in [0.3, 0.4) is 0 Å². The molecule has 3 aromatic rings. The zero-order valence-electron chi connectivity index (χ0n) is 8.94. The summed E-state index contributed by atoms with van der Waals surface area (Å²) in [6.45, 7) is 0. The summed E-state index contributed by atoms with van der Waals surface area (Å²) in [5.41, 5.74) is 8.32. The molecule has 3 N–H and O–H groups in total. The van der Waals surface area contributed by atoms with E-state index >= 15 is 0 Å². The van der Waals surface area contributed by atoms with Gasteiger partial charge in [-0.15, -0.1) is 0 Å². The average Bonchev–Trinajstić information content (AvgIpc) is 2.75. The second-order valence-electron chi connectivity index (χ2n) is 3.81. The number of H-pyrrole nitrogens is 1. The highest BCUT2D eigenvalue weighted by atomic mass is 19.1. The van der Waals surface area contributed by atoms with Gasteiger partial charge in [-0.25, -0.2) is 9.37 Å². The topological polar surface area (TPSA) is 54.7 Å². The Morgan fingerprint density at radius 3 is 2.65 bits per heavy atom. The highest BCUT2D eigenvalue weighted by Gasteiger charge is 2.10. The second-order valence-corrected chi connectivity index (χ2v) is 3.81. The van der Waals surface area contributed by atoms with Crippen molar-refractivity contribution in [2.45, 2.75) is 0 Å². The third-order valence-electron chi connectivity index (χ3n) is 2.67. The Bertz CT molecular complexity index is 688. The first-order valence-corrected chi connectivity index (χ1v) is 5.25. The number of fused-ring (bicyclic) bond motifs is 1. The Morgan fingerprint density at radius 1 is 1.06 bits per heavy atom. The van der Waals surface area contributed by atoms with Crippen LogP contribution in [-0.2, 0) is 0 Å². The number of aromatic amines is 1. The summed E-state index contributed by atoms with van der Waals surface area (Å²) in [6, 6.07) is 12.0. The highest BCUT2D eigenvalue weighted by Crippen LogP contribution is 2.25. The predicted octanol–water partition coefficient (Wildman–Crippen LogP) is 2.95. The minimum atomic E-state index is -0.301. The van der Waals surface area contributed by atoms with Crippen molar-refractivity contribution >= 4 is 16.7 Å². The Labute approximate surface area is 97.1 Å². The largest absolute Gasteiger partial charge is 0.397 e. The number of nitrogen functional groups attached to an aromatic ring is 1. The van der Waals surface area contributed by atoms with Crippen molar-refractivity contribution in [3.8, 4) is 11.4 Å². The lowest BCUT2D eigenvalue weighted by Gasteiger charge is -1.97. The molecule has 0 aliphatic rings. The molecular formula is C13H10FN3. The first kappa shape index (κ1) is 9.84. The van der Waals surface area contributed by atoms with E-state index in [0.29, 0.717) is 22.6 Å². The fourth-order valence-corrected chi connectivity index (χ4v) is 1.84. The summed E-state index contributed by atoms with van der Waals surface area (Å²) in [6.07, 6.45) is 0. The number of nitrogens with zero attached hydrogens (tertiary/aromatic N) is 1. The van der Waals surface area contributed by atoms with E-state index in [0.717, 1.165) is 5.52 Å². The van der Waals surface area contributed by atoms with Crippen LogP contribution in [0.2, 0.25) is 0 Å². The van der Waals surface area contributed by atoms with Crippen molar-refractivity contribution in [3.63, 3.8) is 0 Å². The van der Waals surface area contributed by atoms with Crippen LogP contribution in [0.1, 0.15) is 0 Å². The first-order valence-electron chi connectivity index (χ1n) is 5.25. The van der Waals surface area contributed by atoms with Gasteiger partial charge in [0.15, 0.2) is 0 Å². The van der Waals surface area contributed by atoms with E-state index in [9.17, 15) is 4.39 Å². The molecular weight excluding hydrogens is 217 g/mol. The van der Waals surface area contributed by atoms with E-state index in [1.165, 1.54) is 6.07 Å². The van der Waals surface area contributed by atoms with Gasteiger partial charge < -0.3 is 10.7 Å². The summed E-state index contributed by atoms with van der Waals surface area (Å²) < 4.78 is 13.6. The third kappa shape index (κ3) is 1.54. The maximum absolute atomic E-state index is 13.6. The molecule has 0 bridgehead atoms. The molecule has 3 nitrogen and oxygen atoms in total. The Balaban J connectivity index is 2.26. The van der Waals surface area contributed by atoms with E-state index in [1.807, 2.05) is 12.1 Å². The lowest BCUT2D eigenvalue weighted by Crippen LogP contribution is -1.86. The standard InChI is InChI=1S/C13H10FN3/c14-9-5-2-1-4-8(9)13-16-11-7-3-6-10(15)12(11)17-13/h1-7H,15H2,(H,16,17). The van der Waals surface area contributed by atoms with Gasteiger partial charge in [0.05, 0.1) is 16.8 Å². The van der Waals surface area contributed by atoms with Gasteiger partial charge in [0.2, 0.25) is 0 Å². The summed E-state index contributed by atoms with van der Waals surface area (Å²) in [5, 5.41) is 0. The monoisotopic (exact) mass is 227 g/mol. The van der Waals surface area contributed by atoms with Crippen LogP contribution in [-0.4, -0.2) is 9.97 Å². The van der Waals surface area contributed by atoms with Crippen molar-refractivity contribution in [2.75, 3.05) is 5.73 Å². The smallest absolute Gasteiger partial charge is 0.141 e. The SMILES string of the molecule is Nc1cccc2[nH]c(-c3ccccc3F)nc12. The van der Waals surface area contributed by atoms with Crippen LogP contribution in [0.25, 0.3) is 22.4 Å². The highest BCUT2D eigenvalue weighted by molar-refractivity contribution is 5.89. The zero-order valence-corrected chi connectivity index (χ0v) is 8.94. The molecule has 0 aliphatic carbocycles. The number of nitrogens with two attached hydrogens (primary N) is 1. The van der Waals surface area contributed by atoms with Crippen molar-refractivity contribution in [2.24, 2.45) is 0 Å². The fraction of sp³-hybridized carbons (Fsp3) is 0. The van der Waals surface area contributed by atoms with Crippen LogP contribution in [0.4, 0.5) is 10.1 Å². The number of halogens is 1. The van der Waals surface area contributed by atoms with E-state index in [4.69, 9.17) is 5.73 Å². The molecule has 0 unspecified atom stereocenters. The first-order chi connectivity index (χ1) is 8.25. The number of hydrogen-bond acceptors (Lipinski definition) is 2. The predicted molar refractivity (Wildman–Crippen MR) is 65.9 cm³/mol. The number of hydrogen-bond donors (Lipinski definition) is 2. The van der Waals surface area contributed by atoms with Crippen molar-refractivity contribution in [1.82, 2.24) is 9.97 Å². The molecule has 4 heteroatoms. The van der Waals surface area contributed by atoms with Gasteiger partial charge in [0.25, 0.3) is 0 Å². The lowest BCUT2D eigenvalue weighted by atomic mass is 10.2. The molecule has 84 valence electrons. The number of benzene rings is 2. The van der Waals surface area contributed by atoms with E-state index in [1.54, 1.807) is 24.3 Å². The van der Waals surface area contributed by atoms with Gasteiger partial charge in [-0.2, -0.15) is 0 Å². The van der Waals surface area contributed by atoms with Gasteiger partial charge >= 0.3 is 0 Å². The number of nitrogens with one attached hydrogen (secondary N) is 1. The quantitative estimate of drug-likeness (QED) is 0.628. The van der Waals surface area contributed by atoms with Crippen LogP contribution >= 0.6 is 0 Å². The van der Waals surface area contributed by atoms with Gasteiger partial charge in [-0.05, 0) is 24.3 Å². The number of aromatic nitrogens is 2. The van der Waals surface area contributed by atoms with E-state index < -0.39 is 0 Å².